The van der Waals surface area contributed by atoms with Crippen molar-refractivity contribution in [2.24, 2.45) is 0 Å². The molecule has 144 valence electrons. The number of aromatic nitrogens is 2. The van der Waals surface area contributed by atoms with Gasteiger partial charge in [-0.1, -0.05) is 36.4 Å². The Kier molecular flexibility index (Phi) is 3.32. The van der Waals surface area contributed by atoms with E-state index in [0.29, 0.717) is 13.0 Å². The summed E-state index contributed by atoms with van der Waals surface area (Å²) in [5.74, 6) is -1.73. The molecule has 1 fully saturated rings. The number of aryl methyl sites for hydroxylation is 1. The van der Waals surface area contributed by atoms with Crippen molar-refractivity contribution in [1.29, 1.82) is 0 Å². The van der Waals surface area contributed by atoms with Gasteiger partial charge in [-0.3, -0.25) is 14.9 Å². The maximum absolute atomic E-state index is 12.9. The predicted molar refractivity (Wildman–Crippen MR) is 108 cm³/mol. The fraction of sp³-hybridized carbons (Fsp3) is 0.217. The summed E-state index contributed by atoms with van der Waals surface area (Å²) in [5, 5.41) is 14.8. The van der Waals surface area contributed by atoms with Crippen molar-refractivity contribution in [3.05, 3.63) is 71.5 Å². The Morgan fingerprint density at radius 1 is 0.897 bits per heavy atom. The maximum Gasteiger partial charge on any atom is 0.235 e. The number of nitrogens with one attached hydrogen (secondary N) is 2. The van der Waals surface area contributed by atoms with Crippen molar-refractivity contribution in [2.75, 3.05) is 0 Å². The van der Waals surface area contributed by atoms with Crippen molar-refractivity contribution in [1.82, 2.24) is 14.9 Å². The minimum absolute atomic E-state index is 0.267. The van der Waals surface area contributed by atoms with E-state index in [1.165, 1.54) is 0 Å². The van der Waals surface area contributed by atoms with Crippen molar-refractivity contribution in [3.8, 4) is 0 Å². The van der Waals surface area contributed by atoms with Crippen molar-refractivity contribution >= 4 is 33.6 Å². The quantitative estimate of drug-likeness (QED) is 0.464. The first-order chi connectivity index (χ1) is 14.1. The second kappa shape index (κ2) is 5.81. The van der Waals surface area contributed by atoms with E-state index >= 15 is 0 Å². The number of benzene rings is 2. The van der Waals surface area contributed by atoms with Crippen LogP contribution in [-0.2, 0) is 16.1 Å². The molecule has 2 aromatic heterocycles. The van der Waals surface area contributed by atoms with Crippen LogP contribution in [0.3, 0.4) is 0 Å². The molecule has 2 aliphatic rings. The molecule has 0 radical (unpaired) electrons. The third-order valence-electron chi connectivity index (χ3n) is 6.40. The highest BCUT2D eigenvalue weighted by Crippen LogP contribution is 2.45. The zero-order valence-electron chi connectivity index (χ0n) is 15.6. The molecule has 29 heavy (non-hydrogen) atoms. The predicted octanol–water partition coefficient (Wildman–Crippen LogP) is 3.08. The number of hydrogen-bond acceptors (Lipinski definition) is 3. The number of aliphatic hydroxyl groups excluding tert-OH is 1. The molecule has 4 heterocycles. The first-order valence-electron chi connectivity index (χ1n) is 9.84. The van der Waals surface area contributed by atoms with E-state index in [9.17, 15) is 14.7 Å². The van der Waals surface area contributed by atoms with Gasteiger partial charge in [0.05, 0.1) is 23.5 Å². The fourth-order valence-corrected chi connectivity index (χ4v) is 5.10. The second-order valence-corrected chi connectivity index (χ2v) is 7.92. The van der Waals surface area contributed by atoms with E-state index in [4.69, 9.17) is 0 Å². The number of carbonyl (C=O) groups is 2. The lowest BCUT2D eigenvalue weighted by atomic mass is 9.82. The van der Waals surface area contributed by atoms with Crippen LogP contribution in [0.4, 0.5) is 0 Å². The van der Waals surface area contributed by atoms with E-state index in [1.54, 1.807) is 0 Å². The molecule has 3 atom stereocenters. The van der Waals surface area contributed by atoms with Crippen LogP contribution in [0.1, 0.15) is 41.1 Å². The van der Waals surface area contributed by atoms with Gasteiger partial charge in [0.25, 0.3) is 0 Å². The summed E-state index contributed by atoms with van der Waals surface area (Å²) in [7, 11) is 0. The van der Waals surface area contributed by atoms with Gasteiger partial charge in [-0.05, 0) is 23.6 Å². The Bertz CT molecular complexity index is 1320. The van der Waals surface area contributed by atoms with Crippen molar-refractivity contribution < 1.29 is 14.7 Å². The van der Waals surface area contributed by atoms with Gasteiger partial charge in [0.1, 0.15) is 0 Å². The smallest absolute Gasteiger partial charge is 0.235 e. The third-order valence-corrected chi connectivity index (χ3v) is 6.40. The molecule has 2 aliphatic heterocycles. The standard InChI is InChI=1S/C23H19N3O3/c27-18-8-9-26-11-16(13-5-3-6-14(18)21(13)26)20-19(22(28)25-23(20)29)15-10-24-17-7-2-1-4-12(15)17/h1-7,10-11,18-20,24,27H,8-9H2,(H,25,28,29)/t18?,19-,20-/m0/s1. The van der Waals surface area contributed by atoms with E-state index in [1.807, 2.05) is 54.9 Å². The number of aromatic amines is 1. The Labute approximate surface area is 166 Å². The van der Waals surface area contributed by atoms with Gasteiger partial charge in [0, 0.05) is 40.8 Å². The lowest BCUT2D eigenvalue weighted by molar-refractivity contribution is -0.125. The van der Waals surface area contributed by atoms with Gasteiger partial charge in [0.15, 0.2) is 0 Å². The molecule has 0 spiro atoms. The molecule has 0 bridgehead atoms. The number of hydrogen-bond donors (Lipinski definition) is 3. The van der Waals surface area contributed by atoms with Crippen LogP contribution in [0.5, 0.6) is 0 Å². The van der Waals surface area contributed by atoms with Gasteiger partial charge in [0.2, 0.25) is 11.8 Å². The first kappa shape index (κ1) is 16.6. The van der Waals surface area contributed by atoms with Crippen LogP contribution in [0.25, 0.3) is 21.8 Å². The average molecular weight is 385 g/mol. The first-order valence-corrected chi connectivity index (χ1v) is 9.84. The number of para-hydroxylation sites is 2. The number of rotatable bonds is 2. The van der Waals surface area contributed by atoms with Crippen LogP contribution >= 0.6 is 0 Å². The fourth-order valence-electron chi connectivity index (χ4n) is 5.10. The largest absolute Gasteiger partial charge is 0.388 e. The van der Waals surface area contributed by atoms with Gasteiger partial charge in [-0.2, -0.15) is 0 Å². The highest BCUT2D eigenvalue weighted by Gasteiger charge is 2.46. The Morgan fingerprint density at radius 3 is 2.52 bits per heavy atom. The lowest BCUT2D eigenvalue weighted by Gasteiger charge is -2.20. The van der Waals surface area contributed by atoms with Crippen LogP contribution in [0, 0.1) is 0 Å². The molecular formula is C23H19N3O3. The number of aliphatic hydroxyl groups is 1. The Morgan fingerprint density at radius 2 is 1.66 bits per heavy atom. The zero-order chi connectivity index (χ0) is 19.7. The number of nitrogens with zero attached hydrogens (tertiary/aromatic N) is 1. The molecule has 6 rings (SSSR count). The highest BCUT2D eigenvalue weighted by atomic mass is 16.3. The van der Waals surface area contributed by atoms with Gasteiger partial charge < -0.3 is 14.7 Å². The summed E-state index contributed by atoms with van der Waals surface area (Å²) in [6.45, 7) is 0.689. The number of carbonyl (C=O) groups excluding carboxylic acids is 2. The minimum atomic E-state index is -0.601. The monoisotopic (exact) mass is 385 g/mol. The molecule has 6 heteroatoms. The molecule has 3 N–H and O–H groups in total. The zero-order valence-corrected chi connectivity index (χ0v) is 15.6. The minimum Gasteiger partial charge on any atom is -0.388 e. The SMILES string of the molecule is O=C1NC(=O)[C@@H](c2cn3c4c(cccc24)C(O)CC3)[C@@H]1c1c[nH]c2ccccc12. The van der Waals surface area contributed by atoms with E-state index < -0.39 is 17.9 Å². The van der Waals surface area contributed by atoms with Gasteiger partial charge in [-0.25, -0.2) is 0 Å². The molecule has 2 aromatic carbocycles. The molecule has 6 nitrogen and oxygen atoms in total. The lowest BCUT2D eigenvalue weighted by Crippen LogP contribution is -2.21. The molecule has 1 unspecified atom stereocenters. The summed E-state index contributed by atoms with van der Waals surface area (Å²) < 4.78 is 2.11. The summed E-state index contributed by atoms with van der Waals surface area (Å²) in [5.41, 5.74) is 4.47. The number of H-pyrrole nitrogens is 1. The van der Waals surface area contributed by atoms with Crippen LogP contribution in [-0.4, -0.2) is 26.5 Å². The van der Waals surface area contributed by atoms with Crippen molar-refractivity contribution in [2.45, 2.75) is 30.9 Å². The van der Waals surface area contributed by atoms with E-state index in [2.05, 4.69) is 14.9 Å². The maximum atomic E-state index is 12.9. The van der Waals surface area contributed by atoms with Gasteiger partial charge in [-0.15, -0.1) is 0 Å². The second-order valence-electron chi connectivity index (χ2n) is 7.92. The van der Waals surface area contributed by atoms with Crippen LogP contribution in [0.2, 0.25) is 0 Å². The van der Waals surface area contributed by atoms with Crippen LogP contribution < -0.4 is 5.32 Å². The number of fused-ring (bicyclic) bond motifs is 1. The normalized spacial score (nSPS) is 23.8. The average Bonchev–Trinajstić information content (AvgIpc) is 3.38. The number of imide groups is 1. The van der Waals surface area contributed by atoms with Crippen molar-refractivity contribution in [3.63, 3.8) is 0 Å². The molecule has 1 saturated heterocycles. The molecular weight excluding hydrogens is 366 g/mol. The number of amides is 2. The third kappa shape index (κ3) is 2.20. The van der Waals surface area contributed by atoms with E-state index in [0.717, 1.165) is 38.5 Å². The summed E-state index contributed by atoms with van der Waals surface area (Å²) in [6, 6.07) is 13.6. The Hall–Kier alpha value is -3.38. The summed E-state index contributed by atoms with van der Waals surface area (Å²) >= 11 is 0. The topological polar surface area (TPSA) is 87.1 Å². The van der Waals surface area contributed by atoms with Crippen LogP contribution in [0.15, 0.2) is 54.9 Å². The summed E-state index contributed by atoms with van der Waals surface area (Å²) in [4.78, 5) is 29.0. The highest BCUT2D eigenvalue weighted by molar-refractivity contribution is 6.13. The molecule has 0 aliphatic carbocycles. The Balaban J connectivity index is 1.58. The van der Waals surface area contributed by atoms with E-state index in [-0.39, 0.29) is 11.8 Å². The molecule has 2 amide bonds. The molecule has 0 saturated carbocycles. The van der Waals surface area contributed by atoms with Gasteiger partial charge >= 0.3 is 0 Å². The summed E-state index contributed by atoms with van der Waals surface area (Å²) in [6.07, 6.45) is 3.97. The molecule has 4 aromatic rings.